The zero-order valence-corrected chi connectivity index (χ0v) is 25.4. The van der Waals surface area contributed by atoms with E-state index in [4.69, 9.17) is 14.2 Å². The van der Waals surface area contributed by atoms with Crippen molar-refractivity contribution < 1.29 is 19.0 Å². The van der Waals surface area contributed by atoms with Crippen molar-refractivity contribution in [2.75, 3.05) is 13.4 Å². The Morgan fingerprint density at radius 2 is 1.86 bits per heavy atom. The Balaban J connectivity index is 3.03. The molecule has 0 unspecified atom stereocenters. The van der Waals surface area contributed by atoms with Crippen molar-refractivity contribution in [2.24, 2.45) is 23.7 Å². The van der Waals surface area contributed by atoms with Crippen LogP contribution in [0.5, 0.6) is 0 Å². The van der Waals surface area contributed by atoms with E-state index in [1.807, 2.05) is 0 Å². The fraction of sp³-hybridized carbons (Fsp3) is 0.710. The Hall–Kier alpha value is -1.43. The molecule has 0 radical (unpaired) electrons. The highest BCUT2D eigenvalue weighted by atomic mass is 28.3. The topological polar surface area (TPSA) is 44.8 Å². The van der Waals surface area contributed by atoms with Gasteiger partial charge in [0.1, 0.15) is 12.9 Å². The van der Waals surface area contributed by atoms with Crippen LogP contribution in [0, 0.1) is 23.7 Å². The largest absolute Gasteiger partial charge is 0.461 e. The molecule has 0 spiro atoms. The Labute approximate surface area is 223 Å². The minimum absolute atomic E-state index is 0.0703. The summed E-state index contributed by atoms with van der Waals surface area (Å²) < 4.78 is 18.1. The molecule has 0 aliphatic carbocycles. The second-order valence-electron chi connectivity index (χ2n) is 11.8. The zero-order chi connectivity index (χ0) is 27.1. The van der Waals surface area contributed by atoms with Crippen LogP contribution in [0.3, 0.4) is 0 Å². The van der Waals surface area contributed by atoms with Gasteiger partial charge in [0.2, 0.25) is 0 Å². The van der Waals surface area contributed by atoms with E-state index in [0.717, 1.165) is 43.9 Å². The van der Waals surface area contributed by atoms with E-state index in [-0.39, 0.29) is 41.8 Å². The van der Waals surface area contributed by atoms with Crippen molar-refractivity contribution in [1.29, 1.82) is 0 Å². The molecule has 1 aliphatic heterocycles. The van der Waals surface area contributed by atoms with Crippen LogP contribution in [0.25, 0.3) is 0 Å². The van der Waals surface area contributed by atoms with E-state index >= 15 is 0 Å². The number of carbonyl (C=O) groups is 1. The number of rotatable bonds is 10. The first-order chi connectivity index (χ1) is 16.9. The zero-order valence-electron chi connectivity index (χ0n) is 24.4. The third-order valence-electron chi connectivity index (χ3n) is 6.90. The van der Waals surface area contributed by atoms with E-state index in [0.29, 0.717) is 13.2 Å². The molecule has 0 saturated heterocycles. The van der Waals surface area contributed by atoms with Crippen molar-refractivity contribution in [3.05, 3.63) is 48.6 Å². The summed E-state index contributed by atoms with van der Waals surface area (Å²) in [6, 6.07) is 1.13. The lowest BCUT2D eigenvalue weighted by molar-refractivity contribution is -0.153. The predicted molar refractivity (Wildman–Crippen MR) is 156 cm³/mol. The van der Waals surface area contributed by atoms with E-state index in [1.54, 1.807) is 0 Å². The molecule has 0 saturated carbocycles. The van der Waals surface area contributed by atoms with Crippen LogP contribution >= 0.6 is 0 Å². The van der Waals surface area contributed by atoms with Crippen LogP contribution < -0.4 is 0 Å². The molecule has 0 aromatic rings. The molecular weight excluding hydrogens is 464 g/mol. The lowest BCUT2D eigenvalue weighted by Crippen LogP contribution is -2.31. The SMILES string of the molecule is C=C1CC/C=C/[C@H](OCOCC[Si](C)(C)C)[C@H](C)/C=C/[C@@H](C)[C@@H]([C@H](C)/C=C/CCC)OC(=O)C[C@H]1C. The first-order valence-corrected chi connectivity index (χ1v) is 17.7. The number of unbranched alkanes of at least 4 members (excludes halogenated alkanes) is 1. The van der Waals surface area contributed by atoms with Crippen LogP contribution in [-0.2, 0) is 19.0 Å². The van der Waals surface area contributed by atoms with E-state index in [2.05, 4.69) is 97.3 Å². The number of esters is 1. The summed E-state index contributed by atoms with van der Waals surface area (Å²) in [4.78, 5) is 12.9. The van der Waals surface area contributed by atoms with Gasteiger partial charge in [0.25, 0.3) is 0 Å². The molecule has 5 heteroatoms. The average molecular weight is 519 g/mol. The summed E-state index contributed by atoms with van der Waals surface area (Å²) in [7, 11) is -1.12. The molecule has 0 N–H and O–H groups in total. The summed E-state index contributed by atoms with van der Waals surface area (Å²) in [5.74, 6) is 0.341. The van der Waals surface area contributed by atoms with Gasteiger partial charge in [0.05, 0.1) is 12.5 Å². The first-order valence-electron chi connectivity index (χ1n) is 14.0. The maximum absolute atomic E-state index is 12.9. The molecular formula is C31H54O4Si. The number of allylic oxidation sites excluding steroid dienone is 3. The summed E-state index contributed by atoms with van der Waals surface area (Å²) >= 11 is 0. The maximum atomic E-state index is 12.9. The van der Waals surface area contributed by atoms with Gasteiger partial charge in [-0.2, -0.15) is 0 Å². The van der Waals surface area contributed by atoms with Crippen LogP contribution in [-0.4, -0.2) is 39.7 Å². The third kappa shape index (κ3) is 13.8. The monoisotopic (exact) mass is 518 g/mol. The molecule has 0 amide bonds. The minimum atomic E-state index is -1.12. The molecule has 0 bridgehead atoms. The van der Waals surface area contributed by atoms with Gasteiger partial charge >= 0.3 is 5.97 Å². The summed E-state index contributed by atoms with van der Waals surface area (Å²) in [6.45, 7) is 23.1. The lowest BCUT2D eigenvalue weighted by atomic mass is 9.90. The van der Waals surface area contributed by atoms with Gasteiger partial charge < -0.3 is 14.2 Å². The van der Waals surface area contributed by atoms with E-state index in [9.17, 15) is 4.79 Å². The molecule has 1 rings (SSSR count). The molecule has 1 heterocycles. The summed E-state index contributed by atoms with van der Waals surface area (Å²) in [6.07, 6.45) is 17.1. The van der Waals surface area contributed by atoms with Gasteiger partial charge in [0, 0.05) is 32.4 Å². The summed E-state index contributed by atoms with van der Waals surface area (Å²) in [5.41, 5.74) is 1.09. The number of hydrogen-bond acceptors (Lipinski definition) is 4. The smallest absolute Gasteiger partial charge is 0.306 e. The minimum Gasteiger partial charge on any atom is -0.461 e. The van der Waals surface area contributed by atoms with Crippen molar-refractivity contribution >= 4 is 14.0 Å². The van der Waals surface area contributed by atoms with Gasteiger partial charge in [-0.1, -0.05) is 109 Å². The van der Waals surface area contributed by atoms with Crippen LogP contribution in [0.15, 0.2) is 48.6 Å². The van der Waals surface area contributed by atoms with Gasteiger partial charge in [-0.3, -0.25) is 4.79 Å². The molecule has 1 aliphatic rings. The van der Waals surface area contributed by atoms with Crippen molar-refractivity contribution in [2.45, 2.75) is 105 Å². The Kier molecular flexibility index (Phi) is 15.5. The van der Waals surface area contributed by atoms with Gasteiger partial charge in [-0.05, 0) is 31.2 Å². The van der Waals surface area contributed by atoms with Gasteiger partial charge in [-0.15, -0.1) is 0 Å². The highest BCUT2D eigenvalue weighted by Gasteiger charge is 2.26. The molecule has 0 fully saturated rings. The maximum Gasteiger partial charge on any atom is 0.306 e. The van der Waals surface area contributed by atoms with Gasteiger partial charge in [0.15, 0.2) is 0 Å². The Morgan fingerprint density at radius 3 is 2.53 bits per heavy atom. The normalized spacial score (nSPS) is 29.8. The van der Waals surface area contributed by atoms with Crippen LogP contribution in [0.4, 0.5) is 0 Å². The molecule has 206 valence electrons. The second kappa shape index (κ2) is 17.1. The average Bonchev–Trinajstić information content (AvgIpc) is 2.80. The van der Waals surface area contributed by atoms with Gasteiger partial charge in [-0.25, -0.2) is 0 Å². The molecule has 0 aromatic carbocycles. The first kappa shape index (κ1) is 32.6. The van der Waals surface area contributed by atoms with E-state index < -0.39 is 8.07 Å². The van der Waals surface area contributed by atoms with Crippen molar-refractivity contribution in [3.63, 3.8) is 0 Å². The predicted octanol–water partition coefficient (Wildman–Crippen LogP) is 8.35. The number of hydrogen-bond donors (Lipinski definition) is 0. The Morgan fingerprint density at radius 1 is 1.17 bits per heavy atom. The molecule has 6 atom stereocenters. The van der Waals surface area contributed by atoms with Crippen molar-refractivity contribution in [3.8, 4) is 0 Å². The van der Waals surface area contributed by atoms with Crippen LogP contribution in [0.2, 0.25) is 25.7 Å². The highest BCUT2D eigenvalue weighted by molar-refractivity contribution is 6.76. The molecule has 0 aromatic heterocycles. The van der Waals surface area contributed by atoms with Crippen LogP contribution in [0.1, 0.15) is 66.7 Å². The Bertz CT molecular complexity index is 733. The second-order valence-corrected chi connectivity index (χ2v) is 17.5. The molecule has 4 nitrogen and oxygen atoms in total. The lowest BCUT2D eigenvalue weighted by Gasteiger charge is -2.27. The fourth-order valence-corrected chi connectivity index (χ4v) is 4.89. The summed E-state index contributed by atoms with van der Waals surface area (Å²) in [5, 5.41) is 0. The number of cyclic esters (lactones) is 1. The third-order valence-corrected chi connectivity index (χ3v) is 8.61. The van der Waals surface area contributed by atoms with Crippen molar-refractivity contribution in [1.82, 2.24) is 0 Å². The quantitative estimate of drug-likeness (QED) is 0.0958. The highest BCUT2D eigenvalue weighted by Crippen LogP contribution is 2.25. The van der Waals surface area contributed by atoms with E-state index in [1.165, 1.54) is 0 Å². The number of carbonyl (C=O) groups excluding carboxylic acids is 1. The number of ether oxygens (including phenoxy) is 3. The molecule has 36 heavy (non-hydrogen) atoms. The fourth-order valence-electron chi connectivity index (χ4n) is 4.14. The standard InChI is InChI=1S/C31H54O4Si/c1-10-11-12-16-26(4)31-27(5)19-18-25(3)29(34-23-33-20-21-36(7,8)9)17-14-13-15-24(2)28(6)22-30(32)35-31/h12,14,16-19,25-29,31H,2,10-11,13,15,20-23H2,1,3-9H3/b16-12+,17-14+,19-18+/t25-,26-,27-,28-,29+,31-/m1/s1.